The lowest BCUT2D eigenvalue weighted by molar-refractivity contribution is 0.0472. The van der Waals surface area contributed by atoms with Gasteiger partial charge in [0.05, 0.1) is 5.56 Å². The largest absolute Gasteiger partial charge is 0.489 e. The molecule has 3 heteroatoms. The molecule has 0 aliphatic heterocycles. The van der Waals surface area contributed by atoms with Gasteiger partial charge in [-0.3, -0.25) is 0 Å². The Bertz CT molecular complexity index is 1420. The van der Waals surface area contributed by atoms with Gasteiger partial charge in [-0.1, -0.05) is 107 Å². The van der Waals surface area contributed by atoms with Crippen molar-refractivity contribution < 1.29 is 14.3 Å². The van der Waals surface area contributed by atoms with Crippen LogP contribution in [0.1, 0.15) is 100 Å². The topological polar surface area (TPSA) is 35.5 Å². The fourth-order valence-electron chi connectivity index (χ4n) is 4.82. The van der Waals surface area contributed by atoms with Crippen LogP contribution in [0.4, 0.5) is 0 Å². The molecule has 0 aromatic heterocycles. The van der Waals surface area contributed by atoms with Crippen molar-refractivity contribution in [2.24, 2.45) is 0 Å². The van der Waals surface area contributed by atoms with Gasteiger partial charge < -0.3 is 9.47 Å². The van der Waals surface area contributed by atoms with E-state index < -0.39 is 0 Å². The highest BCUT2D eigenvalue weighted by Gasteiger charge is 2.12. The summed E-state index contributed by atoms with van der Waals surface area (Å²) in [7, 11) is 0. The third-order valence-electron chi connectivity index (χ3n) is 7.57. The van der Waals surface area contributed by atoms with E-state index in [9.17, 15) is 4.79 Å². The molecule has 0 fully saturated rings. The Balaban J connectivity index is 1.58. The van der Waals surface area contributed by atoms with Gasteiger partial charge in [-0.15, -0.1) is 0 Å². The summed E-state index contributed by atoms with van der Waals surface area (Å²) in [6.45, 7) is 11.7. The maximum Gasteiger partial charge on any atom is 0.338 e. The van der Waals surface area contributed by atoms with Crippen LogP contribution in [0.25, 0.3) is 0 Å². The molecule has 3 nitrogen and oxygen atoms in total. The maximum absolute atomic E-state index is 12.9. The van der Waals surface area contributed by atoms with Crippen molar-refractivity contribution >= 4 is 5.97 Å². The van der Waals surface area contributed by atoms with E-state index in [4.69, 9.17) is 9.47 Å². The van der Waals surface area contributed by atoms with Crippen molar-refractivity contribution in [1.29, 1.82) is 0 Å². The average Bonchev–Trinajstić information content (AvgIpc) is 3.02. The third kappa shape index (κ3) is 13.5. The number of rotatable bonds is 17. The maximum atomic E-state index is 12.9. The van der Waals surface area contributed by atoms with Crippen molar-refractivity contribution in [1.82, 2.24) is 0 Å². The van der Waals surface area contributed by atoms with Crippen LogP contribution in [0.15, 0.2) is 125 Å². The van der Waals surface area contributed by atoms with Crippen molar-refractivity contribution in [2.45, 2.75) is 92.8 Å². The summed E-state index contributed by atoms with van der Waals surface area (Å²) < 4.78 is 11.8. The first-order valence-corrected chi connectivity index (χ1v) is 15.9. The van der Waals surface area contributed by atoms with Crippen molar-refractivity contribution in [2.75, 3.05) is 0 Å². The summed E-state index contributed by atoms with van der Waals surface area (Å²) in [5.74, 6) is 0.460. The second kappa shape index (κ2) is 19.2. The number of carbonyl (C=O) groups is 1. The molecule has 0 saturated carbocycles. The Morgan fingerprint density at radius 1 is 0.614 bits per heavy atom. The van der Waals surface area contributed by atoms with E-state index >= 15 is 0 Å². The molecule has 0 spiro atoms. The normalized spacial score (nSPS) is 12.2. The van der Waals surface area contributed by atoms with E-state index in [0.717, 1.165) is 61.0 Å². The number of hydrogen-bond acceptors (Lipinski definition) is 3. The lowest BCUT2D eigenvalue weighted by atomic mass is 10.0. The van der Waals surface area contributed by atoms with Gasteiger partial charge in [0, 0.05) is 0 Å². The Labute approximate surface area is 266 Å². The monoisotopic (exact) mass is 590 g/mol. The highest BCUT2D eigenvalue weighted by atomic mass is 16.5. The van der Waals surface area contributed by atoms with Crippen molar-refractivity contribution in [3.8, 4) is 5.75 Å². The molecule has 44 heavy (non-hydrogen) atoms. The first-order valence-electron chi connectivity index (χ1n) is 15.9. The molecule has 0 heterocycles. The van der Waals surface area contributed by atoms with E-state index in [1.807, 2.05) is 60.7 Å². The quantitative estimate of drug-likeness (QED) is 0.116. The lowest BCUT2D eigenvalue weighted by Gasteiger charge is -2.13. The van der Waals surface area contributed by atoms with Crippen LogP contribution in [0.2, 0.25) is 0 Å². The smallest absolute Gasteiger partial charge is 0.338 e. The van der Waals surface area contributed by atoms with Gasteiger partial charge in [-0.2, -0.15) is 0 Å². The molecule has 0 atom stereocenters. The average molecular weight is 591 g/mol. The van der Waals surface area contributed by atoms with Crippen LogP contribution >= 0.6 is 0 Å². The van der Waals surface area contributed by atoms with Crippen LogP contribution in [0.3, 0.4) is 0 Å². The summed E-state index contributed by atoms with van der Waals surface area (Å²) in [5.41, 5.74) is 9.24. The summed E-state index contributed by atoms with van der Waals surface area (Å²) >= 11 is 0. The van der Waals surface area contributed by atoms with Gasteiger partial charge >= 0.3 is 5.97 Å². The van der Waals surface area contributed by atoms with Gasteiger partial charge in [0.15, 0.2) is 0 Å². The second-order valence-electron chi connectivity index (χ2n) is 11.9. The van der Waals surface area contributed by atoms with E-state index in [1.54, 1.807) is 6.07 Å². The van der Waals surface area contributed by atoms with E-state index in [-0.39, 0.29) is 12.6 Å². The minimum absolute atomic E-state index is 0.249. The Hall–Kier alpha value is -4.11. The number of allylic oxidation sites excluding steroid dienone is 8. The predicted octanol–water partition coefficient (Wildman–Crippen LogP) is 11.3. The predicted molar refractivity (Wildman–Crippen MR) is 185 cm³/mol. The molecular formula is C41H50O3. The summed E-state index contributed by atoms with van der Waals surface area (Å²) in [6.07, 6.45) is 16.6. The van der Waals surface area contributed by atoms with Crippen molar-refractivity contribution in [3.05, 3.63) is 148 Å². The fourth-order valence-corrected chi connectivity index (χ4v) is 4.82. The van der Waals surface area contributed by atoms with Crippen molar-refractivity contribution in [3.63, 3.8) is 0 Å². The van der Waals surface area contributed by atoms with E-state index in [0.29, 0.717) is 18.6 Å². The number of benzene rings is 3. The Kier molecular flexibility index (Phi) is 15.0. The molecule has 0 aliphatic carbocycles. The molecule has 0 N–H and O–H groups in total. The van der Waals surface area contributed by atoms with Crippen LogP contribution in [0, 0.1) is 0 Å². The molecule has 3 aromatic rings. The molecule has 0 radical (unpaired) electrons. The second-order valence-corrected chi connectivity index (χ2v) is 11.9. The standard InChI is InChI=1S/C41H50O3/c1-32(2)15-12-16-33(3)17-13-18-34(4)19-14-20-35(5)25-26-38-29-39(41(42)44-31-37-23-10-7-11-24-37)27-28-40(38)43-30-36-21-8-6-9-22-36/h6-11,15,17,19,21-25,27-29H,12-14,16,18,20,26,30-31H2,1-5H3. The fraction of sp³-hybridized carbons (Fsp3) is 0.341. The molecular weight excluding hydrogens is 540 g/mol. The summed E-state index contributed by atoms with van der Waals surface area (Å²) in [6, 6.07) is 25.5. The number of ether oxygens (including phenoxy) is 2. The van der Waals surface area contributed by atoms with Gasteiger partial charge in [-0.25, -0.2) is 4.79 Å². The number of esters is 1. The van der Waals surface area contributed by atoms with Crippen LogP contribution < -0.4 is 4.74 Å². The first kappa shape index (κ1) is 34.4. The summed E-state index contributed by atoms with van der Waals surface area (Å²) in [4.78, 5) is 12.9. The lowest BCUT2D eigenvalue weighted by Crippen LogP contribution is -2.07. The molecule has 0 saturated heterocycles. The first-order chi connectivity index (χ1) is 21.3. The Morgan fingerprint density at radius 3 is 1.70 bits per heavy atom. The highest BCUT2D eigenvalue weighted by molar-refractivity contribution is 5.89. The van der Waals surface area contributed by atoms with E-state index in [2.05, 4.69) is 71.1 Å². The van der Waals surface area contributed by atoms with Crippen LogP contribution in [-0.2, 0) is 24.4 Å². The molecule has 3 aromatic carbocycles. The van der Waals surface area contributed by atoms with E-state index in [1.165, 1.54) is 22.3 Å². The zero-order valence-electron chi connectivity index (χ0n) is 27.4. The number of carbonyl (C=O) groups excluding carboxylic acids is 1. The van der Waals surface area contributed by atoms with Crippen LogP contribution in [0.5, 0.6) is 5.75 Å². The van der Waals surface area contributed by atoms with Gasteiger partial charge in [0.2, 0.25) is 0 Å². The van der Waals surface area contributed by atoms with Gasteiger partial charge in [0.1, 0.15) is 19.0 Å². The molecule has 0 unspecified atom stereocenters. The zero-order chi connectivity index (χ0) is 31.6. The minimum Gasteiger partial charge on any atom is -0.489 e. The molecule has 0 bridgehead atoms. The molecule has 0 aliphatic rings. The molecule has 232 valence electrons. The number of hydrogen-bond donors (Lipinski definition) is 0. The molecule has 3 rings (SSSR count). The van der Waals surface area contributed by atoms with Crippen LogP contribution in [-0.4, -0.2) is 5.97 Å². The highest BCUT2D eigenvalue weighted by Crippen LogP contribution is 2.24. The summed E-state index contributed by atoms with van der Waals surface area (Å²) in [5, 5.41) is 0. The zero-order valence-corrected chi connectivity index (χ0v) is 27.4. The van der Waals surface area contributed by atoms with Gasteiger partial charge in [0.25, 0.3) is 0 Å². The molecule has 0 amide bonds. The minimum atomic E-state index is -0.330. The van der Waals surface area contributed by atoms with Gasteiger partial charge in [-0.05, 0) is 114 Å². The SMILES string of the molecule is CC(C)=CCCC(C)=CCCC(C)=CCCC(C)=CCc1cc(C(=O)OCc2ccccc2)ccc1OCc1ccccc1. The third-order valence-corrected chi connectivity index (χ3v) is 7.57. The Morgan fingerprint density at radius 2 is 1.14 bits per heavy atom.